The smallest absolute Gasteiger partial charge is 0.259 e. The summed E-state index contributed by atoms with van der Waals surface area (Å²) in [5, 5.41) is 2.73. The number of nitrogen functional groups attached to an aromatic ring is 1. The van der Waals surface area contributed by atoms with Crippen LogP contribution in [0.4, 0.5) is 15.9 Å². The minimum absolute atomic E-state index is 0.130. The van der Waals surface area contributed by atoms with E-state index in [1.165, 1.54) is 18.6 Å². The number of halogens is 1. The second-order valence-electron chi connectivity index (χ2n) is 8.49. The number of amides is 1. The maximum atomic E-state index is 13.4. The van der Waals surface area contributed by atoms with Crippen molar-refractivity contribution in [1.82, 2.24) is 4.98 Å². The molecule has 5 nitrogen and oxygen atoms in total. The van der Waals surface area contributed by atoms with Gasteiger partial charge >= 0.3 is 0 Å². The van der Waals surface area contributed by atoms with E-state index in [9.17, 15) is 9.18 Å². The van der Waals surface area contributed by atoms with Crippen molar-refractivity contribution in [3.8, 4) is 11.5 Å². The summed E-state index contributed by atoms with van der Waals surface area (Å²) in [5.41, 5.74) is 8.03. The third kappa shape index (κ3) is 5.56. The number of carbonyl (C=O) groups is 1. The highest BCUT2D eigenvalue weighted by Crippen LogP contribution is 2.27. The molecule has 1 heterocycles. The van der Waals surface area contributed by atoms with Crippen molar-refractivity contribution in [1.29, 1.82) is 0 Å². The van der Waals surface area contributed by atoms with Crippen LogP contribution in [0.5, 0.6) is 11.5 Å². The number of hydrogen-bond donors (Lipinski definition) is 2. The van der Waals surface area contributed by atoms with Gasteiger partial charge < -0.3 is 15.8 Å². The molecule has 0 unspecified atom stereocenters. The molecular weight excluding hydrogens is 381 g/mol. The van der Waals surface area contributed by atoms with E-state index in [2.05, 4.69) is 37.1 Å². The number of benzene rings is 2. The van der Waals surface area contributed by atoms with E-state index in [1.54, 1.807) is 24.3 Å². The molecule has 30 heavy (non-hydrogen) atoms. The highest BCUT2D eigenvalue weighted by atomic mass is 19.1. The fourth-order valence-electron chi connectivity index (χ4n) is 3.06. The number of carbonyl (C=O) groups excluding carboxylic acids is 1. The molecule has 0 aliphatic rings. The van der Waals surface area contributed by atoms with Crippen LogP contribution in [0, 0.1) is 18.3 Å². The molecule has 0 aliphatic carbocycles. The number of aryl methyl sites for hydroxylation is 1. The van der Waals surface area contributed by atoms with Crippen molar-refractivity contribution in [2.75, 3.05) is 11.1 Å². The largest absolute Gasteiger partial charge is 0.457 e. The van der Waals surface area contributed by atoms with Gasteiger partial charge in [-0.25, -0.2) is 4.98 Å². The zero-order chi connectivity index (χ0) is 21.9. The summed E-state index contributed by atoms with van der Waals surface area (Å²) in [4.78, 5) is 16.0. The zero-order valence-corrected chi connectivity index (χ0v) is 17.6. The van der Waals surface area contributed by atoms with Crippen molar-refractivity contribution in [2.24, 2.45) is 5.41 Å². The van der Waals surface area contributed by atoms with Crippen molar-refractivity contribution in [2.45, 2.75) is 34.1 Å². The quantitative estimate of drug-likeness (QED) is 0.528. The predicted octanol–water partition coefficient (Wildman–Crippen LogP) is 5.74. The van der Waals surface area contributed by atoms with Gasteiger partial charge in [0, 0.05) is 11.3 Å². The molecule has 3 rings (SSSR count). The highest BCUT2D eigenvalue weighted by molar-refractivity contribution is 6.07. The van der Waals surface area contributed by atoms with Gasteiger partial charge in [-0.2, -0.15) is 4.39 Å². The van der Waals surface area contributed by atoms with E-state index in [-0.39, 0.29) is 22.4 Å². The number of anilines is 2. The number of pyridine rings is 1. The van der Waals surface area contributed by atoms with Crippen LogP contribution in [0.1, 0.15) is 42.3 Å². The third-order valence-corrected chi connectivity index (χ3v) is 4.41. The van der Waals surface area contributed by atoms with Crippen LogP contribution in [0.25, 0.3) is 0 Å². The molecule has 0 aliphatic heterocycles. The van der Waals surface area contributed by atoms with Crippen molar-refractivity contribution < 1.29 is 13.9 Å². The first-order chi connectivity index (χ1) is 14.1. The monoisotopic (exact) mass is 407 g/mol. The van der Waals surface area contributed by atoms with Crippen LogP contribution in [0.3, 0.4) is 0 Å². The summed E-state index contributed by atoms with van der Waals surface area (Å²) < 4.78 is 19.4. The Hall–Kier alpha value is -3.41. The topological polar surface area (TPSA) is 77.2 Å². The van der Waals surface area contributed by atoms with Crippen LogP contribution >= 0.6 is 0 Å². The molecular formula is C24H26FN3O2. The van der Waals surface area contributed by atoms with Crippen LogP contribution in [-0.4, -0.2) is 10.9 Å². The van der Waals surface area contributed by atoms with E-state index >= 15 is 0 Å². The lowest BCUT2D eigenvalue weighted by Crippen LogP contribution is -2.16. The Morgan fingerprint density at radius 1 is 1.10 bits per heavy atom. The van der Waals surface area contributed by atoms with Gasteiger partial charge in [-0.1, -0.05) is 32.9 Å². The van der Waals surface area contributed by atoms with Crippen LogP contribution in [-0.2, 0) is 6.42 Å². The summed E-state index contributed by atoms with van der Waals surface area (Å²) >= 11 is 0. The molecule has 0 fully saturated rings. The van der Waals surface area contributed by atoms with E-state index in [0.717, 1.165) is 12.2 Å². The number of rotatable bonds is 5. The maximum absolute atomic E-state index is 13.4. The summed E-state index contributed by atoms with van der Waals surface area (Å²) in [6, 6.07) is 16.4. The van der Waals surface area contributed by atoms with E-state index < -0.39 is 11.9 Å². The first kappa shape index (κ1) is 21.3. The minimum Gasteiger partial charge on any atom is -0.457 e. The van der Waals surface area contributed by atoms with Crippen molar-refractivity contribution >= 4 is 17.4 Å². The number of ether oxygens (including phenoxy) is 1. The molecule has 6 heteroatoms. The fourth-order valence-corrected chi connectivity index (χ4v) is 3.06. The number of nitrogens with zero attached hydrogens (tertiary/aromatic N) is 1. The third-order valence-electron chi connectivity index (χ3n) is 4.41. The van der Waals surface area contributed by atoms with E-state index in [0.29, 0.717) is 11.4 Å². The number of hydrogen-bond acceptors (Lipinski definition) is 4. The summed E-state index contributed by atoms with van der Waals surface area (Å²) in [6.45, 7) is 8.13. The van der Waals surface area contributed by atoms with Gasteiger partial charge in [0.1, 0.15) is 17.3 Å². The van der Waals surface area contributed by atoms with Crippen LogP contribution < -0.4 is 15.8 Å². The molecule has 2 aromatic carbocycles. The second-order valence-corrected chi connectivity index (χ2v) is 8.49. The molecule has 0 saturated heterocycles. The number of nitrogens with two attached hydrogens (primary N) is 1. The molecule has 3 N–H and O–H groups in total. The van der Waals surface area contributed by atoms with Crippen molar-refractivity contribution in [3.05, 3.63) is 77.2 Å². The van der Waals surface area contributed by atoms with Gasteiger partial charge in [-0.05, 0) is 66.8 Å². The predicted molar refractivity (Wildman–Crippen MR) is 117 cm³/mol. The molecule has 1 amide bonds. The molecule has 156 valence electrons. The van der Waals surface area contributed by atoms with Gasteiger partial charge in [-0.15, -0.1) is 0 Å². The lowest BCUT2D eigenvalue weighted by molar-refractivity contribution is 0.102. The van der Waals surface area contributed by atoms with E-state index in [1.807, 2.05) is 18.2 Å². The second kappa shape index (κ2) is 8.53. The van der Waals surface area contributed by atoms with Gasteiger partial charge in [-0.3, -0.25) is 4.79 Å². The van der Waals surface area contributed by atoms with Gasteiger partial charge in [0.2, 0.25) is 5.95 Å². The summed E-state index contributed by atoms with van der Waals surface area (Å²) in [6.07, 6.45) is 0.954. The molecule has 0 atom stereocenters. The molecule has 0 radical (unpaired) electrons. The molecule has 1 aromatic heterocycles. The standard InChI is InChI=1S/C24H26FN3O2/c1-15-12-20(22(26)28-21(15)25)23(29)27-17-8-10-18(11-9-17)30-19-7-5-6-16(13-19)14-24(2,3)4/h5-13H,14H2,1-4H3,(H2,26,28)(H,27,29). The molecule has 0 bridgehead atoms. The normalized spacial score (nSPS) is 11.2. The molecule has 0 spiro atoms. The Morgan fingerprint density at radius 3 is 2.47 bits per heavy atom. The van der Waals surface area contributed by atoms with Crippen LogP contribution in [0.2, 0.25) is 0 Å². The average molecular weight is 407 g/mol. The van der Waals surface area contributed by atoms with Gasteiger partial charge in [0.05, 0.1) is 5.56 Å². The SMILES string of the molecule is Cc1cc(C(=O)Nc2ccc(Oc3cccc(CC(C)(C)C)c3)cc2)c(N)nc1F. The Bertz CT molecular complexity index is 1060. The zero-order valence-electron chi connectivity index (χ0n) is 17.6. The maximum Gasteiger partial charge on any atom is 0.259 e. The Labute approximate surface area is 176 Å². The average Bonchev–Trinajstić information content (AvgIpc) is 2.65. The fraction of sp³-hybridized carbons (Fsp3) is 0.250. The Morgan fingerprint density at radius 2 is 1.80 bits per heavy atom. The van der Waals surface area contributed by atoms with Crippen LogP contribution in [0.15, 0.2) is 54.6 Å². The first-order valence-corrected chi connectivity index (χ1v) is 9.71. The first-order valence-electron chi connectivity index (χ1n) is 9.71. The van der Waals surface area contributed by atoms with Gasteiger partial charge in [0.25, 0.3) is 5.91 Å². The summed E-state index contributed by atoms with van der Waals surface area (Å²) in [7, 11) is 0. The minimum atomic E-state index is -0.683. The molecule has 3 aromatic rings. The van der Waals surface area contributed by atoms with Gasteiger partial charge in [0.15, 0.2) is 0 Å². The lowest BCUT2D eigenvalue weighted by atomic mass is 9.88. The van der Waals surface area contributed by atoms with E-state index in [4.69, 9.17) is 10.5 Å². The lowest BCUT2D eigenvalue weighted by Gasteiger charge is -2.18. The number of aromatic nitrogens is 1. The molecule has 0 saturated carbocycles. The Balaban J connectivity index is 1.68. The highest BCUT2D eigenvalue weighted by Gasteiger charge is 2.15. The summed E-state index contributed by atoms with van der Waals surface area (Å²) in [5.74, 6) is 0.128. The Kier molecular flexibility index (Phi) is 6.06. The number of nitrogens with one attached hydrogen (secondary N) is 1. The van der Waals surface area contributed by atoms with Crippen molar-refractivity contribution in [3.63, 3.8) is 0 Å².